The second-order valence-electron chi connectivity index (χ2n) is 6.08. The molecule has 2 unspecified atom stereocenters. The van der Waals surface area contributed by atoms with E-state index in [4.69, 9.17) is 4.74 Å². The van der Waals surface area contributed by atoms with E-state index in [0.717, 1.165) is 25.3 Å². The van der Waals surface area contributed by atoms with Crippen molar-refractivity contribution in [1.82, 2.24) is 0 Å². The van der Waals surface area contributed by atoms with Crippen LogP contribution in [0.4, 0.5) is 10.1 Å². The van der Waals surface area contributed by atoms with Crippen LogP contribution in [0.3, 0.4) is 0 Å². The molecule has 6 heteroatoms. The number of nitro groups is 1. The van der Waals surface area contributed by atoms with Crippen LogP contribution in [0.15, 0.2) is 12.1 Å². The molecular formula is C15H17BrFNO3. The van der Waals surface area contributed by atoms with E-state index < -0.39 is 10.7 Å². The molecular weight excluding hydrogens is 341 g/mol. The standard InChI is InChI=1S/C15H17BrFNO3/c1-9-6-12(10(17)7-11(9)18(19)20)21-14-8-13(16)15(14)4-2-3-5-15/h6-7,13-14H,2-5,8H2,1H3. The smallest absolute Gasteiger partial charge is 0.275 e. The van der Waals surface area contributed by atoms with Crippen molar-refractivity contribution < 1.29 is 14.1 Å². The maximum absolute atomic E-state index is 14.0. The summed E-state index contributed by atoms with van der Waals surface area (Å²) in [5.41, 5.74) is 0.330. The van der Waals surface area contributed by atoms with Crippen molar-refractivity contribution in [2.24, 2.45) is 5.41 Å². The molecule has 0 aliphatic heterocycles. The molecule has 0 aromatic heterocycles. The van der Waals surface area contributed by atoms with Gasteiger partial charge in [0.2, 0.25) is 0 Å². The van der Waals surface area contributed by atoms with Crippen molar-refractivity contribution in [3.63, 3.8) is 0 Å². The van der Waals surface area contributed by atoms with Gasteiger partial charge in [-0.25, -0.2) is 4.39 Å². The summed E-state index contributed by atoms with van der Waals surface area (Å²) in [5, 5.41) is 10.8. The molecule has 2 aliphatic carbocycles. The number of benzene rings is 1. The first kappa shape index (κ1) is 14.8. The zero-order valence-corrected chi connectivity index (χ0v) is 13.4. The highest BCUT2D eigenvalue weighted by molar-refractivity contribution is 9.09. The Bertz CT molecular complexity index is 587. The summed E-state index contributed by atoms with van der Waals surface area (Å²) in [4.78, 5) is 10.7. The molecule has 4 nitrogen and oxygen atoms in total. The molecule has 1 spiro atoms. The van der Waals surface area contributed by atoms with E-state index >= 15 is 0 Å². The molecule has 0 radical (unpaired) electrons. The maximum Gasteiger partial charge on any atom is 0.275 e. The SMILES string of the molecule is Cc1cc(OC2CC(Br)C23CCCC3)c(F)cc1[N+](=O)[O-]. The lowest BCUT2D eigenvalue weighted by Crippen LogP contribution is -2.55. The number of nitro benzene ring substituents is 1. The Hall–Kier alpha value is -1.17. The van der Waals surface area contributed by atoms with Crippen LogP contribution in [0, 0.1) is 28.3 Å². The van der Waals surface area contributed by atoms with Gasteiger partial charge in [0.1, 0.15) is 6.10 Å². The predicted octanol–water partition coefficient (Wildman–Crippen LogP) is 4.52. The first-order valence-corrected chi connectivity index (χ1v) is 8.11. The highest BCUT2D eigenvalue weighted by atomic mass is 79.9. The van der Waals surface area contributed by atoms with Gasteiger partial charge in [-0.2, -0.15) is 0 Å². The highest BCUT2D eigenvalue weighted by Gasteiger charge is 2.56. The molecule has 0 bridgehead atoms. The molecule has 1 aromatic rings. The zero-order valence-electron chi connectivity index (χ0n) is 11.8. The van der Waals surface area contributed by atoms with Gasteiger partial charge in [0, 0.05) is 15.8 Å². The molecule has 0 saturated heterocycles. The number of alkyl halides is 1. The lowest BCUT2D eigenvalue weighted by Gasteiger charge is -2.51. The third-order valence-corrected chi connectivity index (χ3v) is 6.22. The van der Waals surface area contributed by atoms with E-state index in [1.807, 2.05) is 0 Å². The summed E-state index contributed by atoms with van der Waals surface area (Å²) >= 11 is 3.70. The number of hydrogen-bond acceptors (Lipinski definition) is 3. The number of halogens is 2. The Balaban J connectivity index is 1.83. The van der Waals surface area contributed by atoms with Crippen LogP contribution in [0.1, 0.15) is 37.7 Å². The van der Waals surface area contributed by atoms with Crippen LogP contribution < -0.4 is 4.74 Å². The molecule has 0 heterocycles. The lowest BCUT2D eigenvalue weighted by atomic mass is 9.64. The molecule has 2 atom stereocenters. The minimum absolute atomic E-state index is 0.000249. The van der Waals surface area contributed by atoms with Crippen LogP contribution >= 0.6 is 15.9 Å². The van der Waals surface area contributed by atoms with Gasteiger partial charge in [0.25, 0.3) is 5.69 Å². The molecule has 2 aliphatic rings. The fourth-order valence-electron chi connectivity index (χ4n) is 3.62. The number of rotatable bonds is 3. The van der Waals surface area contributed by atoms with E-state index in [0.29, 0.717) is 10.4 Å². The largest absolute Gasteiger partial charge is 0.487 e. The van der Waals surface area contributed by atoms with E-state index in [-0.39, 0.29) is 23.0 Å². The topological polar surface area (TPSA) is 52.4 Å². The molecule has 0 N–H and O–H groups in total. The van der Waals surface area contributed by atoms with E-state index in [1.54, 1.807) is 6.92 Å². The quantitative estimate of drug-likeness (QED) is 0.454. The van der Waals surface area contributed by atoms with Crippen LogP contribution in [0.25, 0.3) is 0 Å². The van der Waals surface area contributed by atoms with Crippen LogP contribution in [0.2, 0.25) is 0 Å². The number of hydrogen-bond donors (Lipinski definition) is 0. The van der Waals surface area contributed by atoms with Gasteiger partial charge in [-0.3, -0.25) is 10.1 Å². The average molecular weight is 358 g/mol. The fraction of sp³-hybridized carbons (Fsp3) is 0.600. The third kappa shape index (κ3) is 2.33. The molecule has 21 heavy (non-hydrogen) atoms. The second-order valence-corrected chi connectivity index (χ2v) is 7.18. The first-order chi connectivity index (χ1) is 9.94. The summed E-state index contributed by atoms with van der Waals surface area (Å²) in [6.07, 6.45) is 5.42. The van der Waals surface area contributed by atoms with E-state index in [2.05, 4.69) is 15.9 Å². The third-order valence-electron chi connectivity index (χ3n) is 4.94. The van der Waals surface area contributed by atoms with Crippen molar-refractivity contribution in [1.29, 1.82) is 0 Å². The molecule has 114 valence electrons. The summed E-state index contributed by atoms with van der Waals surface area (Å²) < 4.78 is 19.9. The number of nitrogens with zero attached hydrogens (tertiary/aromatic N) is 1. The van der Waals surface area contributed by atoms with Gasteiger partial charge in [0.05, 0.1) is 11.0 Å². The van der Waals surface area contributed by atoms with Crippen LogP contribution in [-0.4, -0.2) is 15.9 Å². The second kappa shape index (κ2) is 5.23. The van der Waals surface area contributed by atoms with Gasteiger partial charge in [0.15, 0.2) is 11.6 Å². The molecule has 2 fully saturated rings. The van der Waals surface area contributed by atoms with Gasteiger partial charge in [-0.1, -0.05) is 28.8 Å². The molecule has 1 aromatic carbocycles. The molecule has 2 saturated carbocycles. The van der Waals surface area contributed by atoms with Crippen LogP contribution in [-0.2, 0) is 0 Å². The fourth-order valence-corrected chi connectivity index (χ4v) is 4.71. The summed E-state index contributed by atoms with van der Waals surface area (Å²) in [6.45, 7) is 1.60. The zero-order chi connectivity index (χ0) is 15.2. The number of aryl methyl sites for hydroxylation is 1. The Morgan fingerprint density at radius 2 is 2.10 bits per heavy atom. The van der Waals surface area contributed by atoms with Gasteiger partial charge < -0.3 is 4.74 Å². The highest BCUT2D eigenvalue weighted by Crippen LogP contribution is 2.57. The predicted molar refractivity (Wildman–Crippen MR) is 80.4 cm³/mol. The Morgan fingerprint density at radius 3 is 2.67 bits per heavy atom. The average Bonchev–Trinajstić information content (AvgIpc) is 2.94. The molecule has 0 amide bonds. The van der Waals surface area contributed by atoms with Crippen molar-refractivity contribution in [3.8, 4) is 5.75 Å². The van der Waals surface area contributed by atoms with Gasteiger partial charge >= 0.3 is 0 Å². The van der Waals surface area contributed by atoms with Crippen molar-refractivity contribution in [2.45, 2.75) is 50.0 Å². The summed E-state index contributed by atoms with van der Waals surface area (Å²) in [7, 11) is 0. The normalized spacial score (nSPS) is 26.6. The van der Waals surface area contributed by atoms with Crippen LogP contribution in [0.5, 0.6) is 5.75 Å². The monoisotopic (exact) mass is 357 g/mol. The Kier molecular flexibility index (Phi) is 3.67. The minimum Gasteiger partial charge on any atom is -0.487 e. The van der Waals surface area contributed by atoms with Crippen molar-refractivity contribution >= 4 is 21.6 Å². The Morgan fingerprint density at radius 1 is 1.43 bits per heavy atom. The summed E-state index contributed by atoms with van der Waals surface area (Å²) in [6, 6.07) is 2.40. The minimum atomic E-state index is -0.654. The first-order valence-electron chi connectivity index (χ1n) is 7.19. The van der Waals surface area contributed by atoms with Gasteiger partial charge in [-0.15, -0.1) is 0 Å². The van der Waals surface area contributed by atoms with E-state index in [9.17, 15) is 14.5 Å². The molecule has 3 rings (SSSR count). The maximum atomic E-state index is 14.0. The summed E-state index contributed by atoms with van der Waals surface area (Å²) in [5.74, 6) is -0.521. The van der Waals surface area contributed by atoms with Gasteiger partial charge in [-0.05, 0) is 32.3 Å². The van der Waals surface area contributed by atoms with E-state index in [1.165, 1.54) is 18.9 Å². The number of ether oxygens (including phenoxy) is 1. The Labute approximate surface area is 131 Å². The van der Waals surface area contributed by atoms with Crippen molar-refractivity contribution in [3.05, 3.63) is 33.6 Å². The lowest BCUT2D eigenvalue weighted by molar-refractivity contribution is -0.385. The van der Waals surface area contributed by atoms with Crippen molar-refractivity contribution in [2.75, 3.05) is 0 Å².